The standard InChI is InChI=1S/C20H19ClN4/c1-13(2)10-11-25-19(14-6-5-7-15(21)12-14)24-18-20(25)23-17-9-4-3-8-16(17)22-18/h3-9,12-13H,10-11H2,1-2H3. The van der Waals surface area contributed by atoms with Gasteiger partial charge in [0.2, 0.25) is 0 Å². The number of halogens is 1. The highest BCUT2D eigenvalue weighted by Crippen LogP contribution is 2.27. The second kappa shape index (κ2) is 6.45. The van der Waals surface area contributed by atoms with Crippen LogP contribution in [0.5, 0.6) is 0 Å². The Bertz CT molecular complexity index is 1050. The van der Waals surface area contributed by atoms with Crippen molar-refractivity contribution in [3.8, 4) is 11.4 Å². The molecule has 126 valence electrons. The number of rotatable bonds is 4. The zero-order chi connectivity index (χ0) is 17.4. The van der Waals surface area contributed by atoms with E-state index in [4.69, 9.17) is 26.6 Å². The molecule has 5 heteroatoms. The first-order chi connectivity index (χ1) is 12.1. The molecule has 0 amide bonds. The summed E-state index contributed by atoms with van der Waals surface area (Å²) in [6, 6.07) is 15.7. The van der Waals surface area contributed by atoms with Crippen molar-refractivity contribution in [3.05, 3.63) is 53.6 Å². The van der Waals surface area contributed by atoms with Gasteiger partial charge in [-0.15, -0.1) is 0 Å². The van der Waals surface area contributed by atoms with Crippen LogP contribution in [-0.2, 0) is 6.54 Å². The quantitative estimate of drug-likeness (QED) is 0.498. The van der Waals surface area contributed by atoms with Crippen LogP contribution in [0.4, 0.5) is 0 Å². The number of hydrogen-bond donors (Lipinski definition) is 0. The molecule has 2 heterocycles. The van der Waals surface area contributed by atoms with Gasteiger partial charge in [-0.1, -0.05) is 49.7 Å². The summed E-state index contributed by atoms with van der Waals surface area (Å²) >= 11 is 6.19. The summed E-state index contributed by atoms with van der Waals surface area (Å²) in [6.45, 7) is 5.29. The molecule has 0 aliphatic carbocycles. The normalized spacial score (nSPS) is 11.7. The highest BCUT2D eigenvalue weighted by atomic mass is 35.5. The lowest BCUT2D eigenvalue weighted by Crippen LogP contribution is -2.04. The number of hydrogen-bond acceptors (Lipinski definition) is 3. The average molecular weight is 351 g/mol. The van der Waals surface area contributed by atoms with E-state index in [1.165, 1.54) is 0 Å². The second-order valence-corrected chi connectivity index (χ2v) is 7.08. The van der Waals surface area contributed by atoms with E-state index in [1.54, 1.807) is 0 Å². The minimum absolute atomic E-state index is 0.595. The van der Waals surface area contributed by atoms with Crippen LogP contribution in [0.25, 0.3) is 33.7 Å². The van der Waals surface area contributed by atoms with Gasteiger partial charge in [-0.25, -0.2) is 15.0 Å². The van der Waals surface area contributed by atoms with Crippen molar-refractivity contribution in [1.82, 2.24) is 19.5 Å². The van der Waals surface area contributed by atoms with E-state index in [0.717, 1.165) is 41.0 Å². The lowest BCUT2D eigenvalue weighted by Gasteiger charge is -2.10. The van der Waals surface area contributed by atoms with Crippen LogP contribution in [0.3, 0.4) is 0 Å². The highest BCUT2D eigenvalue weighted by molar-refractivity contribution is 6.30. The minimum Gasteiger partial charge on any atom is -0.307 e. The van der Waals surface area contributed by atoms with Gasteiger partial charge in [0.15, 0.2) is 11.3 Å². The van der Waals surface area contributed by atoms with Crippen molar-refractivity contribution >= 4 is 33.9 Å². The van der Waals surface area contributed by atoms with E-state index in [0.29, 0.717) is 16.6 Å². The molecule has 4 nitrogen and oxygen atoms in total. The molecule has 0 saturated heterocycles. The van der Waals surface area contributed by atoms with Crippen molar-refractivity contribution in [2.75, 3.05) is 0 Å². The first-order valence-corrected chi connectivity index (χ1v) is 8.88. The number of para-hydroxylation sites is 2. The molecule has 2 aromatic heterocycles. The highest BCUT2D eigenvalue weighted by Gasteiger charge is 2.16. The molecule has 0 saturated carbocycles. The molecule has 0 radical (unpaired) electrons. The third kappa shape index (κ3) is 3.10. The fourth-order valence-corrected chi connectivity index (χ4v) is 3.14. The van der Waals surface area contributed by atoms with Crippen LogP contribution in [0.15, 0.2) is 48.5 Å². The fraction of sp³-hybridized carbons (Fsp3) is 0.250. The summed E-state index contributed by atoms with van der Waals surface area (Å²) in [4.78, 5) is 14.3. The summed E-state index contributed by atoms with van der Waals surface area (Å²) in [5.74, 6) is 1.46. The predicted molar refractivity (Wildman–Crippen MR) is 103 cm³/mol. The largest absolute Gasteiger partial charge is 0.307 e. The van der Waals surface area contributed by atoms with Crippen LogP contribution in [-0.4, -0.2) is 19.5 Å². The summed E-state index contributed by atoms with van der Waals surface area (Å²) in [7, 11) is 0. The van der Waals surface area contributed by atoms with Crippen LogP contribution >= 0.6 is 11.6 Å². The van der Waals surface area contributed by atoms with Crippen molar-refractivity contribution in [2.24, 2.45) is 5.92 Å². The average Bonchev–Trinajstić information content (AvgIpc) is 2.95. The van der Waals surface area contributed by atoms with E-state index in [2.05, 4.69) is 18.4 Å². The molecular formula is C20H19ClN4. The summed E-state index contributed by atoms with van der Waals surface area (Å²) in [5, 5.41) is 0.700. The molecule has 0 aliphatic heterocycles. The van der Waals surface area contributed by atoms with Gasteiger partial charge in [0, 0.05) is 17.1 Å². The Morgan fingerprint density at radius 3 is 2.44 bits per heavy atom. The summed E-state index contributed by atoms with van der Waals surface area (Å²) in [6.07, 6.45) is 1.05. The fourth-order valence-electron chi connectivity index (χ4n) is 2.95. The van der Waals surface area contributed by atoms with Crippen molar-refractivity contribution in [2.45, 2.75) is 26.8 Å². The van der Waals surface area contributed by atoms with Gasteiger partial charge in [0.1, 0.15) is 5.82 Å². The van der Waals surface area contributed by atoms with E-state index < -0.39 is 0 Å². The van der Waals surface area contributed by atoms with E-state index >= 15 is 0 Å². The third-order valence-electron chi connectivity index (χ3n) is 4.27. The van der Waals surface area contributed by atoms with E-state index in [1.807, 2.05) is 48.5 Å². The van der Waals surface area contributed by atoms with Crippen LogP contribution in [0, 0.1) is 5.92 Å². The molecule has 25 heavy (non-hydrogen) atoms. The van der Waals surface area contributed by atoms with Crippen molar-refractivity contribution < 1.29 is 0 Å². The molecule has 0 aliphatic rings. The van der Waals surface area contributed by atoms with Crippen molar-refractivity contribution in [3.63, 3.8) is 0 Å². The first-order valence-electron chi connectivity index (χ1n) is 8.51. The molecule has 2 aromatic carbocycles. The SMILES string of the molecule is CC(C)CCn1c(-c2cccc(Cl)c2)nc2nc3ccccc3nc21. The Balaban J connectivity index is 1.96. The molecule has 4 rings (SSSR count). The summed E-state index contributed by atoms with van der Waals surface area (Å²) in [5.41, 5.74) is 4.24. The van der Waals surface area contributed by atoms with Crippen LogP contribution < -0.4 is 0 Å². The number of imidazole rings is 1. The van der Waals surface area contributed by atoms with Gasteiger partial charge >= 0.3 is 0 Å². The molecule has 0 bridgehead atoms. The molecule has 0 N–H and O–H groups in total. The summed E-state index contributed by atoms with van der Waals surface area (Å²) < 4.78 is 2.17. The maximum Gasteiger partial charge on any atom is 0.198 e. The number of aryl methyl sites for hydroxylation is 1. The van der Waals surface area contributed by atoms with Gasteiger partial charge in [-0.2, -0.15) is 0 Å². The lowest BCUT2D eigenvalue weighted by molar-refractivity contribution is 0.524. The molecule has 0 atom stereocenters. The number of benzene rings is 2. The van der Waals surface area contributed by atoms with Crippen molar-refractivity contribution in [1.29, 1.82) is 0 Å². The number of aromatic nitrogens is 4. The van der Waals surface area contributed by atoms with Gasteiger partial charge < -0.3 is 4.57 Å². The Labute approximate surface area is 151 Å². The zero-order valence-corrected chi connectivity index (χ0v) is 15.0. The van der Waals surface area contributed by atoms with Gasteiger partial charge in [0.25, 0.3) is 0 Å². The van der Waals surface area contributed by atoms with Gasteiger partial charge in [0.05, 0.1) is 11.0 Å². The first kappa shape index (κ1) is 16.0. The molecule has 4 aromatic rings. The zero-order valence-electron chi connectivity index (χ0n) is 14.3. The number of nitrogens with zero attached hydrogens (tertiary/aromatic N) is 4. The molecule has 0 unspecified atom stereocenters. The topological polar surface area (TPSA) is 43.6 Å². The lowest BCUT2D eigenvalue weighted by atomic mass is 10.1. The maximum absolute atomic E-state index is 6.19. The Kier molecular flexibility index (Phi) is 4.14. The van der Waals surface area contributed by atoms with E-state index in [-0.39, 0.29) is 0 Å². The van der Waals surface area contributed by atoms with Gasteiger partial charge in [-0.05, 0) is 36.6 Å². The Morgan fingerprint density at radius 2 is 1.72 bits per heavy atom. The molecular weight excluding hydrogens is 332 g/mol. The van der Waals surface area contributed by atoms with Crippen LogP contribution in [0.1, 0.15) is 20.3 Å². The monoisotopic (exact) mass is 350 g/mol. The maximum atomic E-state index is 6.19. The second-order valence-electron chi connectivity index (χ2n) is 6.64. The molecule has 0 spiro atoms. The Morgan fingerprint density at radius 1 is 0.960 bits per heavy atom. The van der Waals surface area contributed by atoms with Gasteiger partial charge in [-0.3, -0.25) is 0 Å². The predicted octanol–water partition coefficient (Wildman–Crippen LogP) is 5.35. The Hall–Kier alpha value is -2.46. The van der Waals surface area contributed by atoms with Crippen LogP contribution in [0.2, 0.25) is 5.02 Å². The third-order valence-corrected chi connectivity index (χ3v) is 4.51. The van der Waals surface area contributed by atoms with E-state index in [9.17, 15) is 0 Å². The molecule has 0 fully saturated rings. The smallest absolute Gasteiger partial charge is 0.198 e. The minimum atomic E-state index is 0.595. The number of fused-ring (bicyclic) bond motifs is 2.